The van der Waals surface area contributed by atoms with Gasteiger partial charge in [-0.3, -0.25) is 0 Å². The highest BCUT2D eigenvalue weighted by Gasteiger charge is 2.29. The molecule has 3 heterocycles. The zero-order chi connectivity index (χ0) is 20.4. The van der Waals surface area contributed by atoms with Gasteiger partial charge in [0, 0.05) is 35.4 Å². The number of hydrogen-bond donors (Lipinski definition) is 5. The van der Waals surface area contributed by atoms with Gasteiger partial charge in [-0.05, 0) is 0 Å². The molecule has 9 heteroatoms. The van der Waals surface area contributed by atoms with Crippen molar-refractivity contribution in [3.05, 3.63) is 52.1 Å². The molecule has 9 nitrogen and oxygen atoms in total. The summed E-state index contributed by atoms with van der Waals surface area (Å²) in [5.74, 6) is -1.58. The highest BCUT2D eigenvalue weighted by atomic mass is 16.5. The molecule has 0 radical (unpaired) electrons. The van der Waals surface area contributed by atoms with E-state index in [2.05, 4.69) is 0 Å². The van der Waals surface area contributed by atoms with Crippen LogP contribution in [0.5, 0.6) is 28.7 Å². The van der Waals surface area contributed by atoms with Crippen LogP contribution in [0.1, 0.15) is 11.1 Å². The number of rotatable bonds is 1. The summed E-state index contributed by atoms with van der Waals surface area (Å²) in [7, 11) is 0. The molecule has 2 aromatic heterocycles. The van der Waals surface area contributed by atoms with Crippen LogP contribution in [0.3, 0.4) is 0 Å². The van der Waals surface area contributed by atoms with Crippen LogP contribution in [-0.4, -0.2) is 32.1 Å². The van der Waals surface area contributed by atoms with E-state index in [-0.39, 0.29) is 74.0 Å². The van der Waals surface area contributed by atoms with Crippen LogP contribution < -0.4 is 10.4 Å². The average molecular weight is 396 g/mol. The second-order valence-electron chi connectivity index (χ2n) is 6.53. The lowest BCUT2D eigenvalue weighted by Gasteiger charge is -2.21. The molecule has 0 saturated heterocycles. The van der Waals surface area contributed by atoms with Crippen molar-refractivity contribution in [2.75, 3.05) is 6.61 Å². The van der Waals surface area contributed by atoms with Crippen molar-refractivity contribution < 1.29 is 39.1 Å². The zero-order valence-electron chi connectivity index (χ0n) is 14.5. The fourth-order valence-corrected chi connectivity index (χ4v) is 3.53. The number of ether oxygens (including phenoxy) is 1. The Kier molecular flexibility index (Phi) is 3.27. The Bertz CT molecular complexity index is 1420. The van der Waals surface area contributed by atoms with E-state index in [1.54, 1.807) is 0 Å². The molecule has 0 bridgehead atoms. The summed E-state index contributed by atoms with van der Waals surface area (Å²) in [6.07, 6.45) is 1.20. The average Bonchev–Trinajstić information content (AvgIpc) is 3.06. The molecule has 4 aromatic rings. The van der Waals surface area contributed by atoms with Gasteiger partial charge in [0.05, 0.1) is 6.26 Å². The number of furan rings is 1. The van der Waals surface area contributed by atoms with Crippen molar-refractivity contribution in [2.45, 2.75) is 0 Å². The van der Waals surface area contributed by atoms with Gasteiger partial charge in [0.1, 0.15) is 63.0 Å². The van der Waals surface area contributed by atoms with E-state index in [9.17, 15) is 30.3 Å². The van der Waals surface area contributed by atoms with E-state index in [0.29, 0.717) is 0 Å². The van der Waals surface area contributed by atoms with E-state index >= 15 is 0 Å². The molecule has 146 valence electrons. The van der Waals surface area contributed by atoms with Crippen molar-refractivity contribution in [1.29, 1.82) is 0 Å². The minimum absolute atomic E-state index is 0.00442. The molecule has 29 heavy (non-hydrogen) atoms. The Hall–Kier alpha value is -4.27. The highest BCUT2D eigenvalue weighted by Crippen LogP contribution is 2.45. The lowest BCUT2D eigenvalue weighted by Crippen LogP contribution is -2.12. The lowest BCUT2D eigenvalue weighted by atomic mass is 9.98. The minimum Gasteiger partial charge on any atom is -0.508 e. The van der Waals surface area contributed by atoms with Crippen molar-refractivity contribution in [3.63, 3.8) is 0 Å². The molecule has 0 spiro atoms. The smallest absolute Gasteiger partial charge is 0.348 e. The highest BCUT2D eigenvalue weighted by molar-refractivity contribution is 6.10. The van der Waals surface area contributed by atoms with E-state index < -0.39 is 11.4 Å². The molecular formula is C20H12O9. The van der Waals surface area contributed by atoms with Crippen LogP contribution >= 0.6 is 0 Å². The Balaban J connectivity index is 1.83. The quantitative estimate of drug-likeness (QED) is 0.305. The van der Waals surface area contributed by atoms with Crippen molar-refractivity contribution >= 4 is 33.3 Å². The van der Waals surface area contributed by atoms with Gasteiger partial charge in [0.25, 0.3) is 0 Å². The van der Waals surface area contributed by atoms with Crippen LogP contribution in [0.25, 0.3) is 33.3 Å². The number of fused-ring (bicyclic) bond motifs is 4. The lowest BCUT2D eigenvalue weighted by molar-refractivity contribution is 0.344. The molecule has 5 rings (SSSR count). The first-order valence-corrected chi connectivity index (χ1v) is 8.36. The fraction of sp³-hybridized carbons (Fsp3) is 0.0500. The number of phenolic OH excluding ortho intramolecular Hbond substituents is 4. The number of phenols is 4. The summed E-state index contributed by atoms with van der Waals surface area (Å²) in [6.45, 7) is -0.185. The largest absolute Gasteiger partial charge is 0.508 e. The third-order valence-electron chi connectivity index (χ3n) is 4.78. The van der Waals surface area contributed by atoms with Gasteiger partial charge in [0.15, 0.2) is 5.58 Å². The monoisotopic (exact) mass is 396 g/mol. The second kappa shape index (κ2) is 5.61. The standard InChI is InChI=1S/C20H12O9/c21-7-1-11(23)16-13(3-7)27-6-10(18(16)25)9-5-28-19-15(9)20(26)29-14-4-8(22)2-12(24)17(14)19/h1-5,21-25H,6H2. The van der Waals surface area contributed by atoms with Crippen molar-refractivity contribution in [2.24, 2.45) is 0 Å². The van der Waals surface area contributed by atoms with Gasteiger partial charge in [-0.2, -0.15) is 0 Å². The third-order valence-corrected chi connectivity index (χ3v) is 4.78. The normalized spacial score (nSPS) is 13.7. The maximum atomic E-state index is 12.6. The molecule has 1 aliphatic rings. The van der Waals surface area contributed by atoms with E-state index in [0.717, 1.165) is 12.1 Å². The molecule has 0 fully saturated rings. The van der Waals surface area contributed by atoms with Gasteiger partial charge < -0.3 is 39.1 Å². The van der Waals surface area contributed by atoms with Crippen LogP contribution in [0, 0.1) is 0 Å². The molecule has 0 unspecified atom stereocenters. The van der Waals surface area contributed by atoms with Crippen LogP contribution in [-0.2, 0) is 0 Å². The summed E-state index contributed by atoms with van der Waals surface area (Å²) >= 11 is 0. The number of aliphatic hydroxyl groups excluding tert-OH is 1. The SMILES string of the molecule is O=c1oc2cc(O)cc(O)c2c2occ(C3=C(O)c4c(O)cc(O)cc4OC3)c12. The van der Waals surface area contributed by atoms with Crippen LogP contribution in [0.15, 0.2) is 44.2 Å². The predicted octanol–water partition coefficient (Wildman–Crippen LogP) is 3.18. The number of benzene rings is 2. The number of aromatic hydroxyl groups is 4. The minimum atomic E-state index is -0.817. The second-order valence-corrected chi connectivity index (χ2v) is 6.53. The molecular weight excluding hydrogens is 384 g/mol. The van der Waals surface area contributed by atoms with E-state index in [4.69, 9.17) is 13.6 Å². The Labute approximate surface area is 160 Å². The summed E-state index contributed by atoms with van der Waals surface area (Å²) in [5, 5.41) is 50.2. The molecule has 0 aliphatic carbocycles. The number of aliphatic hydroxyl groups is 1. The van der Waals surface area contributed by atoms with E-state index in [1.807, 2.05) is 0 Å². The molecule has 2 aromatic carbocycles. The summed E-state index contributed by atoms with van der Waals surface area (Å²) < 4.78 is 16.2. The molecule has 0 amide bonds. The molecule has 1 aliphatic heterocycles. The zero-order valence-corrected chi connectivity index (χ0v) is 14.5. The Morgan fingerprint density at radius 1 is 0.862 bits per heavy atom. The van der Waals surface area contributed by atoms with Gasteiger partial charge in [-0.1, -0.05) is 0 Å². The fourth-order valence-electron chi connectivity index (χ4n) is 3.53. The maximum absolute atomic E-state index is 12.6. The van der Waals surface area contributed by atoms with Gasteiger partial charge >= 0.3 is 5.63 Å². The third kappa shape index (κ3) is 2.30. The first-order chi connectivity index (χ1) is 13.8. The van der Waals surface area contributed by atoms with Gasteiger partial charge in [-0.15, -0.1) is 0 Å². The summed E-state index contributed by atoms with van der Waals surface area (Å²) in [5.41, 5.74) is -0.637. The Morgan fingerprint density at radius 3 is 2.38 bits per heavy atom. The maximum Gasteiger partial charge on any atom is 0.348 e. The Morgan fingerprint density at radius 2 is 1.59 bits per heavy atom. The molecule has 0 saturated carbocycles. The predicted molar refractivity (Wildman–Crippen MR) is 100 cm³/mol. The van der Waals surface area contributed by atoms with Crippen molar-refractivity contribution in [3.8, 4) is 28.7 Å². The van der Waals surface area contributed by atoms with Gasteiger partial charge in [0.2, 0.25) is 0 Å². The molecule has 5 N–H and O–H groups in total. The first-order valence-electron chi connectivity index (χ1n) is 8.36. The topological polar surface area (TPSA) is 154 Å². The summed E-state index contributed by atoms with van der Waals surface area (Å²) in [4.78, 5) is 12.6. The van der Waals surface area contributed by atoms with Crippen LogP contribution in [0.2, 0.25) is 0 Å². The van der Waals surface area contributed by atoms with Gasteiger partial charge in [-0.25, -0.2) is 4.79 Å². The van der Waals surface area contributed by atoms with E-state index in [1.165, 1.54) is 18.4 Å². The molecule has 0 atom stereocenters. The van der Waals surface area contributed by atoms with Crippen LogP contribution in [0.4, 0.5) is 0 Å². The summed E-state index contributed by atoms with van der Waals surface area (Å²) in [6, 6.07) is 4.52. The number of hydrogen-bond acceptors (Lipinski definition) is 9. The first kappa shape index (κ1) is 16.9. The van der Waals surface area contributed by atoms with Crippen molar-refractivity contribution in [1.82, 2.24) is 0 Å².